The minimum Gasteiger partial charge on any atom is -0.454 e. The maximum Gasteiger partial charge on any atom is 0.318 e. The minimum atomic E-state index is -0.270. The molecule has 2 aromatic heterocycles. The summed E-state index contributed by atoms with van der Waals surface area (Å²) in [7, 11) is 0. The second kappa shape index (κ2) is 9.04. The van der Waals surface area contributed by atoms with Gasteiger partial charge in [-0.15, -0.1) is 0 Å². The van der Waals surface area contributed by atoms with E-state index >= 15 is 0 Å². The lowest BCUT2D eigenvalue weighted by Crippen LogP contribution is -2.39. The number of carbonyl (C=O) groups is 1. The highest BCUT2D eigenvalue weighted by molar-refractivity contribution is 5.83. The number of rotatable bonds is 6. The van der Waals surface area contributed by atoms with Crippen LogP contribution in [-0.2, 0) is 19.6 Å². The summed E-state index contributed by atoms with van der Waals surface area (Å²) in [4.78, 5) is 34.6. The van der Waals surface area contributed by atoms with Gasteiger partial charge < -0.3 is 24.7 Å². The highest BCUT2D eigenvalue weighted by Gasteiger charge is 2.19. The van der Waals surface area contributed by atoms with Gasteiger partial charge in [-0.2, -0.15) is 0 Å². The second-order valence-corrected chi connectivity index (χ2v) is 7.78. The fourth-order valence-corrected chi connectivity index (χ4v) is 3.76. The predicted molar refractivity (Wildman–Crippen MR) is 123 cm³/mol. The number of H-pyrrole nitrogens is 1. The van der Waals surface area contributed by atoms with Crippen molar-refractivity contribution in [3.63, 3.8) is 0 Å². The number of hydrogen-bond acceptors (Lipinski definition) is 5. The molecule has 4 aromatic rings. The van der Waals surface area contributed by atoms with E-state index < -0.39 is 0 Å². The van der Waals surface area contributed by atoms with Crippen molar-refractivity contribution in [3.8, 4) is 11.5 Å². The number of pyridine rings is 2. The fraction of sp³-hybridized carbons (Fsp3) is 0.160. The van der Waals surface area contributed by atoms with Gasteiger partial charge in [0.05, 0.1) is 12.1 Å². The molecular formula is C25H22N4O4. The van der Waals surface area contributed by atoms with E-state index in [1.807, 2.05) is 48.5 Å². The first kappa shape index (κ1) is 20.6. The van der Waals surface area contributed by atoms with Crippen molar-refractivity contribution < 1.29 is 14.3 Å². The third-order valence-corrected chi connectivity index (χ3v) is 5.45. The normalized spacial score (nSPS) is 12.0. The number of ether oxygens (including phenoxy) is 2. The van der Waals surface area contributed by atoms with E-state index in [0.29, 0.717) is 35.7 Å². The number of fused-ring (bicyclic) bond motifs is 2. The molecule has 0 saturated carbocycles. The molecule has 2 aromatic carbocycles. The summed E-state index contributed by atoms with van der Waals surface area (Å²) in [6.07, 6.45) is 3.39. The molecule has 0 fully saturated rings. The molecule has 8 nitrogen and oxygen atoms in total. The molecule has 0 radical (unpaired) electrons. The first-order valence-corrected chi connectivity index (χ1v) is 10.6. The third kappa shape index (κ3) is 4.64. The summed E-state index contributed by atoms with van der Waals surface area (Å²) in [5.74, 6) is 1.23. The van der Waals surface area contributed by atoms with Crippen LogP contribution in [0.4, 0.5) is 4.79 Å². The standard InChI is InChI=1S/C25H22N4O4/c30-24-20(9-19-10-22-23(33-16-32-22)11-21(19)28-24)15-29(14-18-7-4-8-26-12-18)25(31)27-13-17-5-2-1-3-6-17/h1-12H,13-16H2,(H,27,31)(H,28,30). The SMILES string of the molecule is O=C(NCc1ccccc1)N(Cc1cccnc1)Cc1cc2cc3c(cc2[nH]c1=O)OCO3. The number of amides is 2. The maximum atomic E-state index is 13.1. The van der Waals surface area contributed by atoms with E-state index in [9.17, 15) is 9.59 Å². The highest BCUT2D eigenvalue weighted by Crippen LogP contribution is 2.35. The van der Waals surface area contributed by atoms with Gasteiger partial charge in [0, 0.05) is 42.5 Å². The lowest BCUT2D eigenvalue weighted by Gasteiger charge is -2.23. The third-order valence-electron chi connectivity index (χ3n) is 5.45. The minimum absolute atomic E-state index is 0.134. The molecule has 2 amide bonds. The van der Waals surface area contributed by atoms with E-state index in [1.54, 1.807) is 29.4 Å². The number of urea groups is 1. The van der Waals surface area contributed by atoms with Gasteiger partial charge in [0.25, 0.3) is 5.56 Å². The number of benzene rings is 2. The van der Waals surface area contributed by atoms with Crippen molar-refractivity contribution in [2.75, 3.05) is 6.79 Å². The van der Waals surface area contributed by atoms with Gasteiger partial charge in [-0.3, -0.25) is 9.78 Å². The lowest BCUT2D eigenvalue weighted by molar-refractivity contribution is 0.174. The van der Waals surface area contributed by atoms with E-state index in [0.717, 1.165) is 16.5 Å². The number of carbonyl (C=O) groups excluding carboxylic acids is 1. The van der Waals surface area contributed by atoms with E-state index in [1.165, 1.54) is 0 Å². The quantitative estimate of drug-likeness (QED) is 0.476. The van der Waals surface area contributed by atoms with Crippen molar-refractivity contribution in [2.45, 2.75) is 19.6 Å². The molecule has 0 unspecified atom stereocenters. The van der Waals surface area contributed by atoms with Crippen LogP contribution >= 0.6 is 0 Å². The number of nitrogens with one attached hydrogen (secondary N) is 2. The average molecular weight is 442 g/mol. The Morgan fingerprint density at radius 3 is 2.58 bits per heavy atom. The molecule has 0 spiro atoms. The Kier molecular flexibility index (Phi) is 5.63. The molecule has 1 aliphatic rings. The largest absolute Gasteiger partial charge is 0.454 e. The van der Waals surface area contributed by atoms with E-state index in [-0.39, 0.29) is 24.9 Å². The van der Waals surface area contributed by atoms with E-state index in [2.05, 4.69) is 15.3 Å². The lowest BCUT2D eigenvalue weighted by atomic mass is 10.1. The summed E-state index contributed by atoms with van der Waals surface area (Å²) in [5.41, 5.74) is 2.73. The van der Waals surface area contributed by atoms with Crippen LogP contribution in [0.2, 0.25) is 0 Å². The zero-order valence-corrected chi connectivity index (χ0v) is 17.8. The highest BCUT2D eigenvalue weighted by atomic mass is 16.7. The van der Waals surface area contributed by atoms with Gasteiger partial charge in [-0.05, 0) is 29.3 Å². The monoisotopic (exact) mass is 442 g/mol. The van der Waals surface area contributed by atoms with Crippen LogP contribution in [0.3, 0.4) is 0 Å². The van der Waals surface area contributed by atoms with Crippen molar-refractivity contribution in [2.24, 2.45) is 0 Å². The van der Waals surface area contributed by atoms with Gasteiger partial charge >= 0.3 is 6.03 Å². The van der Waals surface area contributed by atoms with Crippen LogP contribution in [0.5, 0.6) is 11.5 Å². The summed E-state index contributed by atoms with van der Waals surface area (Å²) in [6, 6.07) is 18.5. The smallest absolute Gasteiger partial charge is 0.318 e. The van der Waals surface area contributed by atoms with E-state index in [4.69, 9.17) is 9.47 Å². The van der Waals surface area contributed by atoms with Gasteiger partial charge in [0.1, 0.15) is 0 Å². The van der Waals surface area contributed by atoms with Crippen LogP contribution in [0.25, 0.3) is 10.9 Å². The van der Waals surface area contributed by atoms with Crippen molar-refractivity contribution in [1.29, 1.82) is 0 Å². The molecule has 33 heavy (non-hydrogen) atoms. The Morgan fingerprint density at radius 1 is 1.00 bits per heavy atom. The molecule has 8 heteroatoms. The number of nitrogens with zero attached hydrogens (tertiary/aromatic N) is 2. The summed E-state index contributed by atoms with van der Waals surface area (Å²) < 4.78 is 10.8. The molecule has 3 heterocycles. The fourth-order valence-electron chi connectivity index (χ4n) is 3.76. The summed E-state index contributed by atoms with van der Waals surface area (Å²) in [5, 5.41) is 3.75. The van der Waals surface area contributed by atoms with Crippen molar-refractivity contribution in [3.05, 3.63) is 100 Å². The number of aromatic amines is 1. The Morgan fingerprint density at radius 2 is 1.79 bits per heavy atom. The van der Waals surface area contributed by atoms with Crippen LogP contribution in [0.15, 0.2) is 77.9 Å². The molecule has 0 aliphatic carbocycles. The van der Waals surface area contributed by atoms with Crippen LogP contribution in [-0.4, -0.2) is 27.7 Å². The molecule has 1 aliphatic heterocycles. The Hall–Kier alpha value is -4.33. The van der Waals surface area contributed by atoms with Gasteiger partial charge in [-0.1, -0.05) is 36.4 Å². The number of hydrogen-bond donors (Lipinski definition) is 2. The summed E-state index contributed by atoms with van der Waals surface area (Å²) in [6.45, 7) is 0.992. The van der Waals surface area contributed by atoms with Gasteiger partial charge in [-0.25, -0.2) is 4.79 Å². The van der Waals surface area contributed by atoms with Crippen LogP contribution in [0, 0.1) is 0 Å². The molecule has 0 saturated heterocycles. The molecule has 0 atom stereocenters. The van der Waals surface area contributed by atoms with Crippen LogP contribution in [0.1, 0.15) is 16.7 Å². The Labute approximate surface area is 189 Å². The van der Waals surface area contributed by atoms with Gasteiger partial charge in [0.2, 0.25) is 6.79 Å². The van der Waals surface area contributed by atoms with Crippen molar-refractivity contribution in [1.82, 2.24) is 20.2 Å². The Balaban J connectivity index is 1.41. The summed E-state index contributed by atoms with van der Waals surface area (Å²) >= 11 is 0. The molecule has 2 N–H and O–H groups in total. The zero-order valence-electron chi connectivity index (χ0n) is 17.8. The topological polar surface area (TPSA) is 96.6 Å². The maximum absolute atomic E-state index is 13.1. The first-order chi connectivity index (χ1) is 16.2. The number of aromatic nitrogens is 2. The molecule has 5 rings (SSSR count). The second-order valence-electron chi connectivity index (χ2n) is 7.78. The Bertz CT molecular complexity index is 1340. The molecule has 0 bridgehead atoms. The average Bonchev–Trinajstić information content (AvgIpc) is 3.30. The predicted octanol–water partition coefficient (Wildman–Crippen LogP) is 3.56. The first-order valence-electron chi connectivity index (χ1n) is 10.6. The van der Waals surface area contributed by atoms with Gasteiger partial charge in [0.15, 0.2) is 11.5 Å². The van der Waals surface area contributed by atoms with Crippen molar-refractivity contribution >= 4 is 16.9 Å². The molecule has 166 valence electrons. The van der Waals surface area contributed by atoms with Crippen LogP contribution < -0.4 is 20.3 Å². The molecular weight excluding hydrogens is 420 g/mol. The zero-order chi connectivity index (χ0) is 22.6.